The number of anilines is 1. The average molecular weight is 350 g/mol. The Kier molecular flexibility index (Phi) is 5.51. The van der Waals surface area contributed by atoms with Crippen LogP contribution in [0.15, 0.2) is 40.9 Å². The van der Waals surface area contributed by atoms with Crippen LogP contribution in [-0.2, 0) is 6.54 Å². The lowest BCUT2D eigenvalue weighted by molar-refractivity contribution is 0.314. The van der Waals surface area contributed by atoms with Gasteiger partial charge in [-0.15, -0.1) is 0 Å². The Morgan fingerprint density at radius 2 is 2.00 bits per heavy atom. The zero-order chi connectivity index (χ0) is 15.2. The number of aromatic hydroxyl groups is 1. The number of aryl methyl sites for hydroxylation is 1. The lowest BCUT2D eigenvalue weighted by Gasteiger charge is -2.14. The Bertz CT molecular complexity index is 614. The molecule has 112 valence electrons. The van der Waals surface area contributed by atoms with Gasteiger partial charge in [-0.2, -0.15) is 0 Å². The zero-order valence-corrected chi connectivity index (χ0v) is 13.9. The predicted molar refractivity (Wildman–Crippen MR) is 90.1 cm³/mol. The van der Waals surface area contributed by atoms with Crippen LogP contribution >= 0.6 is 15.9 Å². The van der Waals surface area contributed by atoms with Gasteiger partial charge in [0.1, 0.15) is 11.5 Å². The third kappa shape index (κ3) is 4.39. The summed E-state index contributed by atoms with van der Waals surface area (Å²) in [6, 6.07) is 11.4. The second-order valence-corrected chi connectivity index (χ2v) is 5.87. The Labute approximate surface area is 134 Å². The van der Waals surface area contributed by atoms with Gasteiger partial charge in [-0.05, 0) is 55.3 Å². The monoisotopic (exact) mass is 349 g/mol. The molecular formula is C17H20BrNO2. The van der Waals surface area contributed by atoms with Crippen molar-refractivity contribution in [2.75, 3.05) is 11.9 Å². The first-order valence-electron chi connectivity index (χ1n) is 7.05. The fourth-order valence-corrected chi connectivity index (χ4v) is 2.48. The highest BCUT2D eigenvalue weighted by atomic mass is 79.9. The molecule has 2 aromatic carbocycles. The normalized spacial score (nSPS) is 10.4. The van der Waals surface area contributed by atoms with Crippen molar-refractivity contribution in [2.45, 2.75) is 26.8 Å². The standard InChI is InChI=1S/C17H20BrNO2/c1-3-8-21-17-7-4-14(18)10-13(17)11-19-16-6-5-15(20)9-12(16)2/h4-7,9-10,19-20H,3,8,11H2,1-2H3. The summed E-state index contributed by atoms with van der Waals surface area (Å²) in [5.41, 5.74) is 3.13. The average Bonchev–Trinajstić information content (AvgIpc) is 2.45. The van der Waals surface area contributed by atoms with Crippen LogP contribution in [0.3, 0.4) is 0 Å². The number of hydrogen-bond acceptors (Lipinski definition) is 3. The van der Waals surface area contributed by atoms with Crippen LogP contribution in [-0.4, -0.2) is 11.7 Å². The summed E-state index contributed by atoms with van der Waals surface area (Å²) in [7, 11) is 0. The first-order chi connectivity index (χ1) is 10.1. The minimum absolute atomic E-state index is 0.285. The van der Waals surface area contributed by atoms with Gasteiger partial charge < -0.3 is 15.2 Å². The molecule has 2 N–H and O–H groups in total. The molecule has 0 aliphatic rings. The fourth-order valence-electron chi connectivity index (χ4n) is 2.08. The number of nitrogens with one attached hydrogen (secondary N) is 1. The van der Waals surface area contributed by atoms with E-state index >= 15 is 0 Å². The summed E-state index contributed by atoms with van der Waals surface area (Å²) in [6.07, 6.45) is 0.986. The van der Waals surface area contributed by atoms with Gasteiger partial charge in [0.05, 0.1) is 6.61 Å². The van der Waals surface area contributed by atoms with Crippen molar-refractivity contribution < 1.29 is 9.84 Å². The number of phenols is 1. The summed E-state index contributed by atoms with van der Waals surface area (Å²) in [4.78, 5) is 0. The topological polar surface area (TPSA) is 41.5 Å². The molecule has 0 aliphatic carbocycles. The molecule has 2 rings (SSSR count). The SMILES string of the molecule is CCCOc1ccc(Br)cc1CNc1ccc(O)cc1C. The molecule has 21 heavy (non-hydrogen) atoms. The second-order valence-electron chi connectivity index (χ2n) is 4.95. The highest BCUT2D eigenvalue weighted by Crippen LogP contribution is 2.26. The maximum Gasteiger partial charge on any atom is 0.124 e. The number of benzene rings is 2. The van der Waals surface area contributed by atoms with Crippen LogP contribution < -0.4 is 10.1 Å². The van der Waals surface area contributed by atoms with E-state index in [2.05, 4.69) is 34.2 Å². The molecule has 3 nitrogen and oxygen atoms in total. The molecule has 0 bridgehead atoms. The number of rotatable bonds is 6. The predicted octanol–water partition coefficient (Wildman–Crippen LogP) is 4.86. The summed E-state index contributed by atoms with van der Waals surface area (Å²) in [5, 5.41) is 12.8. The molecule has 0 fully saturated rings. The van der Waals surface area contributed by atoms with Gasteiger partial charge in [-0.25, -0.2) is 0 Å². The minimum atomic E-state index is 0.285. The van der Waals surface area contributed by atoms with Crippen LogP contribution in [0.5, 0.6) is 11.5 Å². The molecule has 0 spiro atoms. The van der Waals surface area contributed by atoms with Gasteiger partial charge in [0.2, 0.25) is 0 Å². The van der Waals surface area contributed by atoms with E-state index in [1.807, 2.05) is 25.1 Å². The largest absolute Gasteiger partial charge is 0.508 e. The maximum absolute atomic E-state index is 9.45. The number of hydrogen-bond donors (Lipinski definition) is 2. The Morgan fingerprint density at radius 1 is 1.19 bits per heavy atom. The van der Waals surface area contributed by atoms with Crippen molar-refractivity contribution in [2.24, 2.45) is 0 Å². The van der Waals surface area contributed by atoms with Crippen molar-refractivity contribution in [3.05, 3.63) is 52.0 Å². The van der Waals surface area contributed by atoms with Crippen molar-refractivity contribution in [3.63, 3.8) is 0 Å². The van der Waals surface area contributed by atoms with Gasteiger partial charge in [0.15, 0.2) is 0 Å². The number of ether oxygens (including phenoxy) is 1. The molecule has 2 aromatic rings. The van der Waals surface area contributed by atoms with E-state index in [1.54, 1.807) is 12.1 Å². The number of halogens is 1. The molecule has 0 saturated carbocycles. The molecule has 0 aromatic heterocycles. The third-order valence-electron chi connectivity index (χ3n) is 3.16. The van der Waals surface area contributed by atoms with E-state index in [0.717, 1.165) is 33.5 Å². The molecule has 0 heterocycles. The Morgan fingerprint density at radius 3 is 2.71 bits per heavy atom. The smallest absolute Gasteiger partial charge is 0.124 e. The Hall–Kier alpha value is -1.68. The van der Waals surface area contributed by atoms with Crippen molar-refractivity contribution in [3.8, 4) is 11.5 Å². The first-order valence-corrected chi connectivity index (χ1v) is 7.84. The molecule has 0 atom stereocenters. The molecule has 0 amide bonds. The summed E-state index contributed by atoms with van der Waals surface area (Å²) in [6.45, 7) is 5.45. The van der Waals surface area contributed by atoms with Crippen LogP contribution in [0.25, 0.3) is 0 Å². The second kappa shape index (κ2) is 7.36. The van der Waals surface area contributed by atoms with E-state index in [1.165, 1.54) is 0 Å². The van der Waals surface area contributed by atoms with E-state index in [4.69, 9.17) is 4.74 Å². The Balaban J connectivity index is 2.12. The van der Waals surface area contributed by atoms with Crippen LogP contribution in [0, 0.1) is 6.92 Å². The van der Waals surface area contributed by atoms with Crippen molar-refractivity contribution >= 4 is 21.6 Å². The van der Waals surface area contributed by atoms with Gasteiger partial charge in [-0.3, -0.25) is 0 Å². The van der Waals surface area contributed by atoms with Gasteiger partial charge in [0, 0.05) is 22.3 Å². The van der Waals surface area contributed by atoms with Gasteiger partial charge in [-0.1, -0.05) is 22.9 Å². The maximum atomic E-state index is 9.45. The highest BCUT2D eigenvalue weighted by molar-refractivity contribution is 9.10. The van der Waals surface area contributed by atoms with E-state index < -0.39 is 0 Å². The minimum Gasteiger partial charge on any atom is -0.508 e. The van der Waals surface area contributed by atoms with E-state index in [0.29, 0.717) is 13.2 Å². The van der Waals surface area contributed by atoms with E-state index in [9.17, 15) is 5.11 Å². The summed E-state index contributed by atoms with van der Waals surface area (Å²) >= 11 is 3.50. The lowest BCUT2D eigenvalue weighted by atomic mass is 10.1. The van der Waals surface area contributed by atoms with Gasteiger partial charge in [0.25, 0.3) is 0 Å². The summed E-state index contributed by atoms with van der Waals surface area (Å²) < 4.78 is 6.81. The quantitative estimate of drug-likeness (QED) is 0.731. The highest BCUT2D eigenvalue weighted by Gasteiger charge is 2.06. The zero-order valence-electron chi connectivity index (χ0n) is 12.3. The molecular weight excluding hydrogens is 330 g/mol. The molecule has 0 radical (unpaired) electrons. The lowest BCUT2D eigenvalue weighted by Crippen LogP contribution is -2.05. The van der Waals surface area contributed by atoms with Crippen LogP contribution in [0.2, 0.25) is 0 Å². The first kappa shape index (κ1) is 15.7. The molecule has 0 unspecified atom stereocenters. The van der Waals surface area contributed by atoms with Crippen LogP contribution in [0.1, 0.15) is 24.5 Å². The molecule has 4 heteroatoms. The number of phenolic OH excluding ortho intramolecular Hbond substituents is 1. The van der Waals surface area contributed by atoms with Crippen LogP contribution in [0.4, 0.5) is 5.69 Å². The molecule has 0 saturated heterocycles. The van der Waals surface area contributed by atoms with Crippen molar-refractivity contribution in [1.82, 2.24) is 0 Å². The van der Waals surface area contributed by atoms with Gasteiger partial charge >= 0.3 is 0 Å². The fraction of sp³-hybridized carbons (Fsp3) is 0.294. The third-order valence-corrected chi connectivity index (χ3v) is 3.66. The molecule has 0 aliphatic heterocycles. The van der Waals surface area contributed by atoms with E-state index in [-0.39, 0.29) is 5.75 Å². The van der Waals surface area contributed by atoms with Crippen molar-refractivity contribution in [1.29, 1.82) is 0 Å². The summed E-state index contributed by atoms with van der Waals surface area (Å²) in [5.74, 6) is 1.19.